The Morgan fingerprint density at radius 3 is 2.37 bits per heavy atom. The summed E-state index contributed by atoms with van der Waals surface area (Å²) in [4.78, 5) is 2.46. The molecular weight excluding hydrogens is 236 g/mol. The van der Waals surface area contributed by atoms with E-state index in [1.807, 2.05) is 12.1 Å². The fourth-order valence-corrected chi connectivity index (χ4v) is 1.91. The van der Waals surface area contributed by atoms with Crippen molar-refractivity contribution in [1.29, 1.82) is 5.26 Å². The van der Waals surface area contributed by atoms with E-state index in [9.17, 15) is 0 Å². The van der Waals surface area contributed by atoms with Gasteiger partial charge in [-0.15, -0.1) is 0 Å². The first-order chi connectivity index (χ1) is 9.30. The minimum Gasteiger partial charge on any atom is -0.494 e. The van der Waals surface area contributed by atoms with Crippen molar-refractivity contribution in [2.75, 3.05) is 26.2 Å². The molecule has 3 heteroatoms. The maximum atomic E-state index is 8.71. The lowest BCUT2D eigenvalue weighted by atomic mass is 10.2. The van der Waals surface area contributed by atoms with Crippen molar-refractivity contribution in [3.63, 3.8) is 0 Å². The van der Waals surface area contributed by atoms with Gasteiger partial charge in [0, 0.05) is 6.54 Å². The summed E-state index contributed by atoms with van der Waals surface area (Å²) in [6.45, 7) is 8.54. The first-order valence-electron chi connectivity index (χ1n) is 7.15. The van der Waals surface area contributed by atoms with E-state index in [4.69, 9.17) is 10.00 Å². The number of nitriles is 1. The van der Waals surface area contributed by atoms with Gasteiger partial charge in [0.2, 0.25) is 0 Å². The summed E-state index contributed by atoms with van der Waals surface area (Å²) in [5.41, 5.74) is 0.670. The molecular formula is C16H24N2O. The molecule has 0 aliphatic rings. The highest BCUT2D eigenvalue weighted by Crippen LogP contribution is 2.11. The average molecular weight is 260 g/mol. The number of hydrogen-bond acceptors (Lipinski definition) is 3. The van der Waals surface area contributed by atoms with Gasteiger partial charge in [-0.25, -0.2) is 0 Å². The van der Waals surface area contributed by atoms with Gasteiger partial charge in [-0.2, -0.15) is 5.26 Å². The molecule has 0 bridgehead atoms. The molecule has 0 aromatic heterocycles. The number of benzene rings is 1. The van der Waals surface area contributed by atoms with Crippen LogP contribution in [0.15, 0.2) is 24.3 Å². The smallest absolute Gasteiger partial charge is 0.119 e. The number of nitrogens with zero attached hydrogens (tertiary/aromatic N) is 2. The maximum Gasteiger partial charge on any atom is 0.119 e. The van der Waals surface area contributed by atoms with E-state index in [2.05, 4.69) is 24.8 Å². The van der Waals surface area contributed by atoms with Crippen molar-refractivity contribution in [1.82, 2.24) is 4.90 Å². The van der Waals surface area contributed by atoms with Crippen molar-refractivity contribution < 1.29 is 4.74 Å². The monoisotopic (exact) mass is 260 g/mol. The summed E-state index contributed by atoms with van der Waals surface area (Å²) in [6, 6.07) is 9.38. The second-order valence-corrected chi connectivity index (χ2v) is 4.63. The van der Waals surface area contributed by atoms with E-state index < -0.39 is 0 Å². The molecule has 1 aromatic carbocycles. The third-order valence-corrected chi connectivity index (χ3v) is 3.15. The number of rotatable bonds is 9. The molecule has 0 unspecified atom stereocenters. The lowest BCUT2D eigenvalue weighted by Gasteiger charge is -2.19. The Kier molecular flexibility index (Phi) is 7.69. The highest BCUT2D eigenvalue weighted by molar-refractivity contribution is 5.34. The fourth-order valence-electron chi connectivity index (χ4n) is 1.91. The maximum absolute atomic E-state index is 8.71. The SMILES string of the molecule is CCCCN(CC)CCCOc1ccc(C#N)cc1. The zero-order valence-corrected chi connectivity index (χ0v) is 12.1. The van der Waals surface area contributed by atoms with Crippen molar-refractivity contribution in [3.05, 3.63) is 29.8 Å². The summed E-state index contributed by atoms with van der Waals surface area (Å²) in [5, 5.41) is 8.71. The molecule has 0 heterocycles. The lowest BCUT2D eigenvalue weighted by Crippen LogP contribution is -2.26. The van der Waals surface area contributed by atoms with Crippen LogP contribution in [-0.4, -0.2) is 31.1 Å². The van der Waals surface area contributed by atoms with E-state index in [1.165, 1.54) is 19.4 Å². The van der Waals surface area contributed by atoms with Gasteiger partial charge in [0.25, 0.3) is 0 Å². The van der Waals surface area contributed by atoms with Crippen molar-refractivity contribution in [2.45, 2.75) is 33.1 Å². The normalized spacial score (nSPS) is 10.4. The van der Waals surface area contributed by atoms with Crippen LogP contribution < -0.4 is 4.74 Å². The van der Waals surface area contributed by atoms with Crippen molar-refractivity contribution >= 4 is 0 Å². The minimum absolute atomic E-state index is 0.670. The predicted molar refractivity (Wildman–Crippen MR) is 78.3 cm³/mol. The second kappa shape index (κ2) is 9.41. The molecule has 0 fully saturated rings. The van der Waals surface area contributed by atoms with E-state index in [0.29, 0.717) is 5.56 Å². The molecule has 0 aliphatic heterocycles. The molecule has 0 saturated heterocycles. The quantitative estimate of drug-likeness (QED) is 0.638. The van der Waals surface area contributed by atoms with Crippen LogP contribution in [0, 0.1) is 11.3 Å². The van der Waals surface area contributed by atoms with Crippen molar-refractivity contribution in [2.24, 2.45) is 0 Å². The zero-order valence-electron chi connectivity index (χ0n) is 12.1. The molecule has 0 atom stereocenters. The van der Waals surface area contributed by atoms with E-state index in [1.54, 1.807) is 12.1 Å². The standard InChI is InChI=1S/C16H24N2O/c1-3-5-11-18(4-2)12-6-13-19-16-9-7-15(14-17)8-10-16/h7-10H,3-6,11-13H2,1-2H3. The lowest BCUT2D eigenvalue weighted by molar-refractivity contribution is 0.239. The molecule has 0 amide bonds. The highest BCUT2D eigenvalue weighted by atomic mass is 16.5. The summed E-state index contributed by atoms with van der Waals surface area (Å²) in [5.74, 6) is 0.843. The van der Waals surface area contributed by atoms with Gasteiger partial charge in [0.15, 0.2) is 0 Å². The molecule has 0 radical (unpaired) electrons. The molecule has 3 nitrogen and oxygen atoms in total. The highest BCUT2D eigenvalue weighted by Gasteiger charge is 2.01. The van der Waals surface area contributed by atoms with E-state index in [0.717, 1.165) is 31.9 Å². The summed E-state index contributed by atoms with van der Waals surface area (Å²) >= 11 is 0. The van der Waals surface area contributed by atoms with Gasteiger partial charge in [0.05, 0.1) is 18.2 Å². The Morgan fingerprint density at radius 2 is 1.79 bits per heavy atom. The molecule has 0 spiro atoms. The van der Waals surface area contributed by atoms with Crippen LogP contribution in [0.25, 0.3) is 0 Å². The molecule has 1 rings (SSSR count). The Bertz CT molecular complexity index is 381. The van der Waals surface area contributed by atoms with Gasteiger partial charge < -0.3 is 9.64 Å². The molecule has 1 aromatic rings. The molecule has 0 N–H and O–H groups in total. The summed E-state index contributed by atoms with van der Waals surface area (Å²) in [6.07, 6.45) is 3.56. The minimum atomic E-state index is 0.670. The zero-order chi connectivity index (χ0) is 13.9. The second-order valence-electron chi connectivity index (χ2n) is 4.63. The van der Waals surface area contributed by atoms with Gasteiger partial charge >= 0.3 is 0 Å². The van der Waals surface area contributed by atoms with E-state index >= 15 is 0 Å². The van der Waals surface area contributed by atoms with Crippen LogP contribution in [0.2, 0.25) is 0 Å². The predicted octanol–water partition coefficient (Wildman–Crippen LogP) is 3.45. The number of ether oxygens (including phenoxy) is 1. The molecule has 104 valence electrons. The van der Waals surface area contributed by atoms with Gasteiger partial charge in [-0.1, -0.05) is 20.3 Å². The molecule has 0 saturated carbocycles. The first kappa shape index (κ1) is 15.5. The fraction of sp³-hybridized carbons (Fsp3) is 0.562. The van der Waals surface area contributed by atoms with Crippen LogP contribution in [-0.2, 0) is 0 Å². The summed E-state index contributed by atoms with van der Waals surface area (Å²) < 4.78 is 5.67. The number of unbranched alkanes of at least 4 members (excludes halogenated alkanes) is 1. The molecule has 19 heavy (non-hydrogen) atoms. The molecule has 0 aliphatic carbocycles. The Hall–Kier alpha value is -1.53. The Balaban J connectivity index is 2.20. The number of hydrogen-bond donors (Lipinski definition) is 0. The first-order valence-corrected chi connectivity index (χ1v) is 7.15. The van der Waals surface area contributed by atoms with Crippen LogP contribution in [0.4, 0.5) is 0 Å². The third kappa shape index (κ3) is 6.26. The van der Waals surface area contributed by atoms with Crippen LogP contribution in [0.3, 0.4) is 0 Å². The Morgan fingerprint density at radius 1 is 1.11 bits per heavy atom. The van der Waals surface area contributed by atoms with Crippen LogP contribution >= 0.6 is 0 Å². The third-order valence-electron chi connectivity index (χ3n) is 3.15. The van der Waals surface area contributed by atoms with Gasteiger partial charge in [0.1, 0.15) is 5.75 Å². The van der Waals surface area contributed by atoms with Gasteiger partial charge in [-0.3, -0.25) is 0 Å². The largest absolute Gasteiger partial charge is 0.494 e. The van der Waals surface area contributed by atoms with Crippen LogP contribution in [0.5, 0.6) is 5.75 Å². The van der Waals surface area contributed by atoms with Gasteiger partial charge in [-0.05, 0) is 50.2 Å². The topological polar surface area (TPSA) is 36.3 Å². The summed E-state index contributed by atoms with van der Waals surface area (Å²) in [7, 11) is 0. The Labute approximate surface area is 116 Å². The van der Waals surface area contributed by atoms with Crippen LogP contribution in [0.1, 0.15) is 38.7 Å². The van der Waals surface area contributed by atoms with Crippen molar-refractivity contribution in [3.8, 4) is 11.8 Å². The van der Waals surface area contributed by atoms with E-state index in [-0.39, 0.29) is 0 Å². The average Bonchev–Trinajstić information content (AvgIpc) is 2.47.